The molecular formula is C79H111N6+3. The van der Waals surface area contributed by atoms with Gasteiger partial charge in [0.1, 0.15) is 17.4 Å². The number of benzene rings is 4. The van der Waals surface area contributed by atoms with Crippen LogP contribution in [0.5, 0.6) is 0 Å². The molecule has 0 saturated heterocycles. The molecule has 6 aromatic rings. The van der Waals surface area contributed by atoms with Crippen LogP contribution in [0.4, 0.5) is 11.4 Å². The van der Waals surface area contributed by atoms with Gasteiger partial charge in [-0.2, -0.15) is 0 Å². The van der Waals surface area contributed by atoms with Gasteiger partial charge in [0.2, 0.25) is 19.0 Å². The molecule has 6 nitrogen and oxygen atoms in total. The van der Waals surface area contributed by atoms with Crippen LogP contribution < -0.4 is 14.0 Å². The topological polar surface area (TPSA) is 23.9 Å². The summed E-state index contributed by atoms with van der Waals surface area (Å²) in [5.41, 5.74) is 18.1. The summed E-state index contributed by atoms with van der Waals surface area (Å²) < 4.78 is 13.7. The highest BCUT2D eigenvalue weighted by atomic mass is 15.3. The number of nitrogens with zero attached hydrogens (tertiary/aromatic N) is 6. The van der Waals surface area contributed by atoms with Crippen molar-refractivity contribution in [3.63, 3.8) is 0 Å². The normalized spacial score (nSPS) is 32.1. The zero-order chi connectivity index (χ0) is 57.6. The van der Waals surface area contributed by atoms with Crippen LogP contribution >= 0.6 is 0 Å². The van der Waals surface area contributed by atoms with Crippen LogP contribution in [0.2, 0.25) is 0 Å². The van der Waals surface area contributed by atoms with Crippen LogP contribution in [0.25, 0.3) is 32.8 Å². The molecule has 9 atom stereocenters. The van der Waals surface area contributed by atoms with E-state index in [1.165, 1.54) is 183 Å². The first-order valence-corrected chi connectivity index (χ1v) is 36.8. The van der Waals surface area contributed by atoms with E-state index in [0.717, 1.165) is 97.7 Å². The van der Waals surface area contributed by atoms with E-state index in [1.807, 2.05) is 5.56 Å². The number of aryl methyl sites for hydroxylation is 4. The highest BCUT2D eigenvalue weighted by molar-refractivity contribution is 6.06. The van der Waals surface area contributed by atoms with Crippen molar-refractivity contribution in [2.45, 2.75) is 284 Å². The molecule has 9 unspecified atom stereocenters. The monoisotopic (exact) mass is 1140 g/mol. The molecule has 8 aliphatic carbocycles. The van der Waals surface area contributed by atoms with E-state index in [4.69, 9.17) is 0 Å². The Morgan fingerprint density at radius 3 is 1.65 bits per heavy atom. The van der Waals surface area contributed by atoms with Crippen molar-refractivity contribution in [1.29, 1.82) is 0 Å². The molecule has 0 bridgehead atoms. The molecule has 8 saturated carbocycles. The molecule has 4 aromatic carbocycles. The molecule has 6 heteroatoms. The fourth-order valence-corrected chi connectivity index (χ4v) is 23.1. The Bertz CT molecular complexity index is 3360. The van der Waals surface area contributed by atoms with Crippen molar-refractivity contribution in [2.24, 2.45) is 59.2 Å². The molecule has 0 radical (unpaired) electrons. The number of imidazole rings is 2. The third-order valence-electron chi connectivity index (χ3n) is 26.5. The molecule has 0 spiro atoms. The van der Waals surface area contributed by atoms with Gasteiger partial charge < -0.3 is 0 Å². The van der Waals surface area contributed by atoms with E-state index in [2.05, 4.69) is 150 Å². The molecule has 15 rings (SSSR count). The largest absolute Gasteiger partial charge is 0.244 e. The second kappa shape index (κ2) is 23.8. The van der Waals surface area contributed by atoms with Crippen molar-refractivity contribution in [3.8, 4) is 0 Å². The summed E-state index contributed by atoms with van der Waals surface area (Å²) >= 11 is 0. The fraction of sp³-hybridized carbons (Fsp3) is 0.684. The van der Waals surface area contributed by atoms with Gasteiger partial charge in [-0.1, -0.05) is 126 Å². The van der Waals surface area contributed by atoms with Gasteiger partial charge in [-0.3, -0.25) is 0 Å². The van der Waals surface area contributed by atoms with E-state index >= 15 is 0 Å². The van der Waals surface area contributed by atoms with Crippen molar-refractivity contribution >= 4 is 50.6 Å². The van der Waals surface area contributed by atoms with Crippen LogP contribution in [0.15, 0.2) is 67.3 Å². The number of fused-ring (bicyclic) bond motifs is 6. The lowest BCUT2D eigenvalue weighted by Gasteiger charge is -2.58. The first-order valence-electron chi connectivity index (χ1n) is 36.8. The predicted molar refractivity (Wildman–Crippen MR) is 354 cm³/mol. The fourth-order valence-electron chi connectivity index (χ4n) is 23.1. The molecule has 0 amide bonds. The maximum atomic E-state index is 2.88. The molecule has 0 N–H and O–H groups in total. The van der Waals surface area contributed by atoms with Gasteiger partial charge in [-0.15, -0.1) is 0 Å². The Balaban J connectivity index is 0.775. The van der Waals surface area contributed by atoms with Crippen LogP contribution in [-0.2, 0) is 32.6 Å². The summed E-state index contributed by atoms with van der Waals surface area (Å²) in [7, 11) is 0. The Morgan fingerprint density at radius 2 is 1.04 bits per heavy atom. The van der Waals surface area contributed by atoms with Gasteiger partial charge in [-0.25, -0.2) is 27.7 Å². The lowest BCUT2D eigenvalue weighted by atomic mass is 9.46. The molecular weight excluding hydrogens is 1030 g/mol. The van der Waals surface area contributed by atoms with Crippen molar-refractivity contribution in [3.05, 3.63) is 95.1 Å². The highest BCUT2D eigenvalue weighted by Crippen LogP contribution is 2.64. The molecule has 85 heavy (non-hydrogen) atoms. The molecule has 1 aliphatic heterocycles. The standard InChI is InChI=1S/C79H111N6/c1-8-80-48-81(9-2)77-67(44-43-66(76(77)80)74-60-31-17-15-27-57(60)46-58-28-16-18-32-61(58)74)75-64-35-21-19-33-62(64)72(63-34-20-22-36-65(63)75)56-41-39-53(40-42-56)68-47-59(71(54-25-13-12-14-26-54)79-78(68)82(10-3)49-83(79)11-4)45-52(7)85-50-84(51(5)6)69-37-23-29-55-30-24-38-70(85)73(55)69/h23-24,29-30,37-38,43-44,47-54,56-58,60-65,72,74-75H,8-22,25-28,31-36,39-42,45-46H2,1-7H3/q+3. The van der Waals surface area contributed by atoms with E-state index in [9.17, 15) is 0 Å². The lowest BCUT2D eigenvalue weighted by molar-refractivity contribution is -0.669. The van der Waals surface area contributed by atoms with Crippen LogP contribution in [0, 0.1) is 59.2 Å². The van der Waals surface area contributed by atoms with E-state index in [1.54, 1.807) is 50.7 Å². The SMILES string of the molecule is CCn1c[n+](CC)c2c(C3CCC(C4C5CCCCC5C(c5ccc(C6C7CCCCC7CC7CCCCC76)c6c5[n+](CC)cn6CC)C5CCCCC54)CC3)cc(CC(C)[N+]3=CN(C(C)C)c4cccc5cccc3c45)c(C3CCCCC3)c21. The summed E-state index contributed by atoms with van der Waals surface area (Å²) in [6.45, 7) is 21.3. The van der Waals surface area contributed by atoms with Crippen LogP contribution in [0.3, 0.4) is 0 Å². The van der Waals surface area contributed by atoms with Crippen LogP contribution in [-0.4, -0.2) is 32.1 Å². The maximum Gasteiger partial charge on any atom is 0.244 e. The second-order valence-corrected chi connectivity index (χ2v) is 30.7. The quantitative estimate of drug-likeness (QED) is 0.106. The molecule has 454 valence electrons. The molecule has 3 heterocycles. The Kier molecular flexibility index (Phi) is 16.0. The number of hydrogen-bond donors (Lipinski definition) is 0. The van der Waals surface area contributed by atoms with Crippen molar-refractivity contribution in [1.82, 2.24) is 9.13 Å². The summed E-state index contributed by atoms with van der Waals surface area (Å²) in [5.74, 6) is 11.6. The predicted octanol–water partition coefficient (Wildman–Crippen LogP) is 19.4. The number of aromatic nitrogens is 4. The maximum absolute atomic E-state index is 2.88. The van der Waals surface area contributed by atoms with Gasteiger partial charge in [0.05, 0.1) is 37.6 Å². The first-order chi connectivity index (χ1) is 41.8. The minimum absolute atomic E-state index is 0.312. The third-order valence-corrected chi connectivity index (χ3v) is 26.5. The van der Waals surface area contributed by atoms with E-state index in [0.29, 0.717) is 29.8 Å². The summed E-state index contributed by atoms with van der Waals surface area (Å²) in [6.07, 6.45) is 46.2. The molecule has 9 aliphatic rings. The Morgan fingerprint density at radius 1 is 0.494 bits per heavy atom. The minimum Gasteiger partial charge on any atom is -0.231 e. The number of rotatable bonds is 13. The zero-order valence-electron chi connectivity index (χ0n) is 54.3. The van der Waals surface area contributed by atoms with E-state index < -0.39 is 0 Å². The Hall–Kier alpha value is -4.45. The smallest absolute Gasteiger partial charge is 0.231 e. The molecule has 2 aromatic heterocycles. The van der Waals surface area contributed by atoms with Gasteiger partial charge >= 0.3 is 0 Å². The van der Waals surface area contributed by atoms with E-state index in [-0.39, 0.29) is 0 Å². The lowest BCUT2D eigenvalue weighted by Crippen LogP contribution is -2.50. The van der Waals surface area contributed by atoms with Gasteiger partial charge in [0.15, 0.2) is 22.1 Å². The summed E-state index contributed by atoms with van der Waals surface area (Å²) in [6, 6.07) is 23.3. The molecule has 8 fully saturated rings. The average Bonchev–Trinajstić information content (AvgIpc) is 2.09. The zero-order valence-corrected chi connectivity index (χ0v) is 54.3. The summed E-state index contributed by atoms with van der Waals surface area (Å²) in [4.78, 5) is 2.55. The highest BCUT2D eigenvalue weighted by Gasteiger charge is 2.56. The summed E-state index contributed by atoms with van der Waals surface area (Å²) in [5, 5.41) is 2.77. The van der Waals surface area contributed by atoms with Gasteiger partial charge in [0.25, 0.3) is 0 Å². The average molecular weight is 1140 g/mol. The number of hydrogen-bond acceptors (Lipinski definition) is 1. The van der Waals surface area contributed by atoms with Crippen LogP contribution in [0.1, 0.15) is 267 Å². The number of anilines is 1. The van der Waals surface area contributed by atoms with Gasteiger partial charge in [-0.05, 0) is 238 Å². The first kappa shape index (κ1) is 57.0. The van der Waals surface area contributed by atoms with Gasteiger partial charge in [0, 0.05) is 28.7 Å². The van der Waals surface area contributed by atoms with Crippen molar-refractivity contribution < 1.29 is 13.7 Å². The Labute approximate surface area is 513 Å². The van der Waals surface area contributed by atoms with Crippen molar-refractivity contribution in [2.75, 3.05) is 4.90 Å². The third kappa shape index (κ3) is 9.66. The minimum atomic E-state index is 0.312. The second-order valence-electron chi connectivity index (χ2n) is 30.7.